The second kappa shape index (κ2) is 11.7. The minimum absolute atomic E-state index is 0.174. The van der Waals surface area contributed by atoms with E-state index in [2.05, 4.69) is 26.8 Å². The third-order valence-electron chi connectivity index (χ3n) is 6.53. The van der Waals surface area contributed by atoms with Crippen molar-refractivity contribution in [3.8, 4) is 0 Å². The fraction of sp³-hybridized carbons (Fsp3) is 0.321. The van der Waals surface area contributed by atoms with Gasteiger partial charge in [-0.05, 0) is 42.8 Å². The lowest BCUT2D eigenvalue weighted by atomic mass is 10.1. The van der Waals surface area contributed by atoms with Crippen molar-refractivity contribution < 1.29 is 13.2 Å². The molecule has 7 nitrogen and oxygen atoms in total. The Morgan fingerprint density at radius 1 is 0.917 bits per heavy atom. The number of rotatable bonds is 9. The Labute approximate surface area is 214 Å². The first-order valence-electron chi connectivity index (χ1n) is 12.4. The van der Waals surface area contributed by atoms with Crippen LogP contribution in [0.5, 0.6) is 0 Å². The van der Waals surface area contributed by atoms with Crippen molar-refractivity contribution in [1.82, 2.24) is 9.62 Å². The van der Waals surface area contributed by atoms with Crippen LogP contribution in [0.25, 0.3) is 0 Å². The fourth-order valence-corrected chi connectivity index (χ4v) is 5.95. The number of likely N-dealkylation sites (N-methyl/N-ethyl adjacent to an activating group) is 1. The predicted molar refractivity (Wildman–Crippen MR) is 145 cm³/mol. The number of carbonyl (C=O) groups is 1. The lowest BCUT2D eigenvalue weighted by molar-refractivity contribution is -0.115. The van der Waals surface area contributed by atoms with Crippen LogP contribution in [0.4, 0.5) is 11.4 Å². The van der Waals surface area contributed by atoms with Gasteiger partial charge in [0, 0.05) is 37.9 Å². The highest BCUT2D eigenvalue weighted by Gasteiger charge is 2.27. The monoisotopic (exact) mass is 506 g/mol. The smallest absolute Gasteiger partial charge is 0.243 e. The number of amides is 1. The van der Waals surface area contributed by atoms with Gasteiger partial charge in [-0.1, -0.05) is 67.6 Å². The number of nitrogens with one attached hydrogen (secondary N) is 2. The molecule has 1 aliphatic rings. The number of hydrogen-bond donors (Lipinski definition) is 2. The molecule has 1 fully saturated rings. The Bertz CT molecular complexity index is 1260. The Balaban J connectivity index is 1.61. The van der Waals surface area contributed by atoms with E-state index in [4.69, 9.17) is 0 Å². The van der Waals surface area contributed by atoms with Crippen molar-refractivity contribution in [2.75, 3.05) is 42.9 Å². The molecule has 1 saturated heterocycles. The molecule has 0 aliphatic carbocycles. The first-order valence-corrected chi connectivity index (χ1v) is 13.9. The van der Waals surface area contributed by atoms with Crippen LogP contribution >= 0.6 is 0 Å². The molecule has 0 bridgehead atoms. The number of carbonyl (C=O) groups excluding carboxylic acids is 1. The van der Waals surface area contributed by atoms with Crippen molar-refractivity contribution in [2.24, 2.45) is 0 Å². The van der Waals surface area contributed by atoms with Gasteiger partial charge in [0.2, 0.25) is 15.9 Å². The fourth-order valence-electron chi connectivity index (χ4n) is 4.47. The van der Waals surface area contributed by atoms with Crippen LogP contribution in [0.15, 0.2) is 83.8 Å². The third-order valence-corrected chi connectivity index (χ3v) is 8.10. The lowest BCUT2D eigenvalue weighted by Gasteiger charge is -2.36. The first-order chi connectivity index (χ1) is 17.4. The molecule has 36 heavy (non-hydrogen) atoms. The molecule has 3 aromatic carbocycles. The Hall–Kier alpha value is -3.20. The summed E-state index contributed by atoms with van der Waals surface area (Å²) in [6, 6.07) is 23.7. The molecule has 1 atom stereocenters. The third kappa shape index (κ3) is 6.51. The highest BCUT2D eigenvalue weighted by atomic mass is 32.2. The molecule has 4 rings (SSSR count). The van der Waals surface area contributed by atoms with Crippen LogP contribution in [0.1, 0.15) is 31.0 Å². The van der Waals surface area contributed by atoms with E-state index in [1.807, 2.05) is 73.7 Å². The van der Waals surface area contributed by atoms with E-state index in [-0.39, 0.29) is 17.2 Å². The highest BCUT2D eigenvalue weighted by molar-refractivity contribution is 7.89. The molecule has 0 radical (unpaired) electrons. The summed E-state index contributed by atoms with van der Waals surface area (Å²) in [4.78, 5) is 17.3. The summed E-state index contributed by atoms with van der Waals surface area (Å²) in [6.07, 6.45) is 0.215. The first kappa shape index (κ1) is 25.9. The normalized spacial score (nSPS) is 15.4. The van der Waals surface area contributed by atoms with Gasteiger partial charge in [0.25, 0.3) is 0 Å². The molecule has 0 saturated carbocycles. The number of anilines is 2. The minimum atomic E-state index is -3.88. The van der Waals surface area contributed by atoms with Gasteiger partial charge in [0.1, 0.15) is 4.90 Å². The van der Waals surface area contributed by atoms with E-state index < -0.39 is 16.1 Å². The summed E-state index contributed by atoms with van der Waals surface area (Å²) in [5.41, 5.74) is 2.89. The van der Waals surface area contributed by atoms with Gasteiger partial charge < -0.3 is 15.1 Å². The van der Waals surface area contributed by atoms with Crippen LogP contribution in [0, 0.1) is 0 Å². The molecular formula is C28H34N4O3S. The molecule has 0 aromatic heterocycles. The van der Waals surface area contributed by atoms with Gasteiger partial charge >= 0.3 is 0 Å². The van der Waals surface area contributed by atoms with Gasteiger partial charge in [0.15, 0.2) is 0 Å². The van der Waals surface area contributed by atoms with Gasteiger partial charge in [-0.3, -0.25) is 4.79 Å². The van der Waals surface area contributed by atoms with Crippen LogP contribution in [-0.4, -0.2) is 51.9 Å². The number of nitrogens with zero attached hydrogens (tertiary/aromatic N) is 2. The zero-order valence-corrected chi connectivity index (χ0v) is 21.7. The topological polar surface area (TPSA) is 81.8 Å². The second-order valence-corrected chi connectivity index (χ2v) is 10.8. The van der Waals surface area contributed by atoms with Gasteiger partial charge in [-0.2, -0.15) is 0 Å². The largest absolute Gasteiger partial charge is 0.368 e. The number of piperazine rings is 1. The van der Waals surface area contributed by atoms with Crippen LogP contribution in [0.3, 0.4) is 0 Å². The summed E-state index contributed by atoms with van der Waals surface area (Å²) in [7, 11) is -3.88. The van der Waals surface area contributed by atoms with E-state index in [9.17, 15) is 13.2 Å². The van der Waals surface area contributed by atoms with E-state index in [0.29, 0.717) is 11.4 Å². The predicted octanol–water partition coefficient (Wildman–Crippen LogP) is 4.05. The van der Waals surface area contributed by atoms with Crippen molar-refractivity contribution >= 4 is 27.3 Å². The quantitative estimate of drug-likeness (QED) is 0.458. The van der Waals surface area contributed by atoms with Crippen molar-refractivity contribution in [3.63, 3.8) is 0 Å². The molecule has 190 valence electrons. The van der Waals surface area contributed by atoms with Crippen molar-refractivity contribution in [3.05, 3.63) is 90.0 Å². The molecule has 0 unspecified atom stereocenters. The molecule has 0 spiro atoms. The molecule has 1 heterocycles. The number of sulfonamides is 1. The molecule has 2 N–H and O–H groups in total. The van der Waals surface area contributed by atoms with Gasteiger partial charge in [-0.15, -0.1) is 0 Å². The van der Waals surface area contributed by atoms with E-state index in [0.717, 1.165) is 43.9 Å². The lowest BCUT2D eigenvalue weighted by Crippen LogP contribution is -2.46. The number of benzene rings is 3. The number of hydrogen-bond acceptors (Lipinski definition) is 5. The van der Waals surface area contributed by atoms with Crippen LogP contribution in [0.2, 0.25) is 0 Å². The van der Waals surface area contributed by atoms with Crippen LogP contribution < -0.4 is 14.9 Å². The van der Waals surface area contributed by atoms with E-state index in [1.165, 1.54) is 0 Å². The second-order valence-electron chi connectivity index (χ2n) is 9.07. The molecule has 3 aromatic rings. The maximum absolute atomic E-state index is 13.7. The molecular weight excluding hydrogens is 472 g/mol. The zero-order valence-electron chi connectivity index (χ0n) is 20.9. The Morgan fingerprint density at radius 2 is 1.56 bits per heavy atom. The van der Waals surface area contributed by atoms with Crippen molar-refractivity contribution in [1.29, 1.82) is 0 Å². The average Bonchev–Trinajstić information content (AvgIpc) is 2.89. The van der Waals surface area contributed by atoms with Crippen molar-refractivity contribution in [2.45, 2.75) is 31.2 Å². The maximum atomic E-state index is 13.7. The molecule has 1 aliphatic heterocycles. The Morgan fingerprint density at radius 3 is 2.19 bits per heavy atom. The van der Waals surface area contributed by atoms with E-state index >= 15 is 0 Å². The SMILES string of the molecule is CCN1CCN(c2ccc(NC(=O)Cc3ccccc3)cc2S(=O)(=O)N[C@@H](C)c2ccccc2)CC1. The summed E-state index contributed by atoms with van der Waals surface area (Å²) >= 11 is 0. The van der Waals surface area contributed by atoms with Crippen LogP contribution in [-0.2, 0) is 21.2 Å². The van der Waals surface area contributed by atoms with Gasteiger partial charge in [0.05, 0.1) is 12.1 Å². The average molecular weight is 507 g/mol. The standard InChI is InChI=1S/C28H34N4O3S/c1-3-31-16-18-32(19-17-31)26-15-14-25(29-28(33)20-23-10-6-4-7-11-23)21-27(26)36(34,35)30-22(2)24-12-8-5-9-13-24/h4-15,21-22,30H,3,16-20H2,1-2H3,(H,29,33)/t22-/m0/s1. The molecule has 1 amide bonds. The highest BCUT2D eigenvalue weighted by Crippen LogP contribution is 2.31. The molecule has 8 heteroatoms. The summed E-state index contributed by atoms with van der Waals surface area (Å²) in [5.74, 6) is -0.195. The summed E-state index contributed by atoms with van der Waals surface area (Å²) in [6.45, 7) is 8.17. The van der Waals surface area contributed by atoms with E-state index in [1.54, 1.807) is 12.1 Å². The van der Waals surface area contributed by atoms with Gasteiger partial charge in [-0.25, -0.2) is 13.1 Å². The maximum Gasteiger partial charge on any atom is 0.243 e. The minimum Gasteiger partial charge on any atom is -0.368 e. The Kier molecular flexibility index (Phi) is 8.40. The summed E-state index contributed by atoms with van der Waals surface area (Å²) < 4.78 is 30.2. The summed E-state index contributed by atoms with van der Waals surface area (Å²) in [5, 5.41) is 2.88. The zero-order chi connectivity index (χ0) is 25.5.